The van der Waals surface area contributed by atoms with Crippen LogP contribution in [-0.4, -0.2) is 31.6 Å². The highest BCUT2D eigenvalue weighted by atomic mass is 16.5. The quantitative estimate of drug-likeness (QED) is 0.643. The van der Waals surface area contributed by atoms with Crippen LogP contribution in [0.1, 0.15) is 13.8 Å². The fourth-order valence-corrected chi connectivity index (χ4v) is 2.31. The van der Waals surface area contributed by atoms with E-state index in [1.54, 1.807) is 12.2 Å². The molecule has 2 aliphatic rings. The Labute approximate surface area is 100 Å². The molecule has 0 aromatic carbocycles. The fourth-order valence-electron chi connectivity index (χ4n) is 2.31. The van der Waals surface area contributed by atoms with Crippen LogP contribution in [0.3, 0.4) is 0 Å². The van der Waals surface area contributed by atoms with Gasteiger partial charge in [0.1, 0.15) is 0 Å². The maximum Gasteiger partial charge on any atom is 0.335 e. The van der Waals surface area contributed by atoms with E-state index in [0.29, 0.717) is 5.57 Å². The highest BCUT2D eigenvalue weighted by Crippen LogP contribution is 2.38. The maximum atomic E-state index is 11.8. The summed E-state index contributed by atoms with van der Waals surface area (Å²) in [6.07, 6.45) is 4.93. The molecule has 2 unspecified atom stereocenters. The Balaban J connectivity index is 2.33. The van der Waals surface area contributed by atoms with Gasteiger partial charge in [-0.3, -0.25) is 4.79 Å². The van der Waals surface area contributed by atoms with E-state index in [-0.39, 0.29) is 29.8 Å². The molecule has 0 spiro atoms. The highest BCUT2D eigenvalue weighted by molar-refractivity contribution is 5.97. The summed E-state index contributed by atoms with van der Waals surface area (Å²) in [6.45, 7) is 4.24. The predicted octanol–water partition coefficient (Wildman–Crippen LogP) is 1.27. The van der Waals surface area contributed by atoms with E-state index in [9.17, 15) is 9.59 Å². The van der Waals surface area contributed by atoms with Crippen molar-refractivity contribution in [3.63, 3.8) is 0 Å². The molecule has 0 fully saturated rings. The molecule has 0 saturated carbocycles. The monoisotopic (exact) mass is 236 g/mol. The minimum absolute atomic E-state index is 0.0181. The number of carbonyl (C=O) groups excluding carboxylic acids is 2. The molecule has 1 aliphatic heterocycles. The molecule has 17 heavy (non-hydrogen) atoms. The molecular formula is C13H16O4. The summed E-state index contributed by atoms with van der Waals surface area (Å²) < 4.78 is 10.3. The van der Waals surface area contributed by atoms with Gasteiger partial charge in [0.2, 0.25) is 0 Å². The highest BCUT2D eigenvalue weighted by Gasteiger charge is 2.43. The van der Waals surface area contributed by atoms with Gasteiger partial charge in [-0.05, 0) is 6.08 Å². The molecule has 0 N–H and O–H groups in total. The number of hydrogen-bond donors (Lipinski definition) is 0. The topological polar surface area (TPSA) is 52.6 Å². The predicted molar refractivity (Wildman–Crippen MR) is 61.3 cm³/mol. The van der Waals surface area contributed by atoms with Crippen LogP contribution < -0.4 is 0 Å². The summed E-state index contributed by atoms with van der Waals surface area (Å²) in [5.41, 5.74) is 0.227. The fraction of sp³-hybridized carbons (Fsp3) is 0.538. The number of allylic oxidation sites excluding steroid dienone is 1. The van der Waals surface area contributed by atoms with Crippen LogP contribution in [0, 0.1) is 11.3 Å². The van der Waals surface area contributed by atoms with Crippen molar-refractivity contribution in [2.24, 2.45) is 11.3 Å². The molecule has 0 aromatic rings. The number of esters is 1. The first-order chi connectivity index (χ1) is 7.95. The zero-order valence-corrected chi connectivity index (χ0v) is 10.2. The summed E-state index contributed by atoms with van der Waals surface area (Å²) >= 11 is 0. The number of fused-ring (bicyclic) bond motifs is 1. The summed E-state index contributed by atoms with van der Waals surface area (Å²) in [5, 5.41) is 0. The Bertz CT molecular complexity index is 417. The number of hydrogen-bond acceptors (Lipinski definition) is 4. The minimum atomic E-state index is -0.427. The number of rotatable bonds is 1. The van der Waals surface area contributed by atoms with E-state index in [4.69, 9.17) is 4.74 Å². The van der Waals surface area contributed by atoms with Crippen molar-refractivity contribution in [2.75, 3.05) is 13.7 Å². The Kier molecular flexibility index (Phi) is 2.91. The van der Waals surface area contributed by atoms with E-state index in [1.165, 1.54) is 7.11 Å². The van der Waals surface area contributed by atoms with Gasteiger partial charge in [0.15, 0.2) is 5.78 Å². The molecule has 4 heteroatoms. The molecule has 2 atom stereocenters. The van der Waals surface area contributed by atoms with Gasteiger partial charge in [-0.1, -0.05) is 26.0 Å². The Morgan fingerprint density at radius 1 is 1.53 bits per heavy atom. The first-order valence-electron chi connectivity index (χ1n) is 5.59. The van der Waals surface area contributed by atoms with Crippen LogP contribution in [0.25, 0.3) is 0 Å². The van der Waals surface area contributed by atoms with E-state index in [2.05, 4.69) is 4.74 Å². The van der Waals surface area contributed by atoms with Gasteiger partial charge < -0.3 is 9.47 Å². The summed E-state index contributed by atoms with van der Waals surface area (Å²) in [5.74, 6) is -0.822. The lowest BCUT2D eigenvalue weighted by Crippen LogP contribution is -2.46. The lowest BCUT2D eigenvalue weighted by atomic mass is 9.72. The summed E-state index contributed by atoms with van der Waals surface area (Å²) in [6, 6.07) is 0. The third-order valence-electron chi connectivity index (χ3n) is 3.31. The number of carbonyl (C=O) groups is 2. The number of ether oxygens (including phenoxy) is 2. The Morgan fingerprint density at radius 2 is 2.24 bits per heavy atom. The van der Waals surface area contributed by atoms with Crippen LogP contribution in [-0.2, 0) is 19.1 Å². The number of ketones is 1. The van der Waals surface area contributed by atoms with Crippen LogP contribution in [0.4, 0.5) is 0 Å². The van der Waals surface area contributed by atoms with Gasteiger partial charge in [-0.15, -0.1) is 0 Å². The second kappa shape index (κ2) is 4.11. The van der Waals surface area contributed by atoms with Gasteiger partial charge in [0.25, 0.3) is 0 Å². The summed E-state index contributed by atoms with van der Waals surface area (Å²) in [4.78, 5) is 23.2. The van der Waals surface area contributed by atoms with Gasteiger partial charge in [-0.2, -0.15) is 0 Å². The van der Waals surface area contributed by atoms with Gasteiger partial charge in [0, 0.05) is 5.41 Å². The average molecular weight is 236 g/mol. The van der Waals surface area contributed by atoms with Crippen molar-refractivity contribution < 1.29 is 19.1 Å². The Morgan fingerprint density at radius 3 is 2.88 bits per heavy atom. The summed E-state index contributed by atoms with van der Waals surface area (Å²) in [7, 11) is 1.32. The molecule has 1 heterocycles. The van der Waals surface area contributed by atoms with Crippen molar-refractivity contribution in [3.05, 3.63) is 23.8 Å². The molecular weight excluding hydrogens is 220 g/mol. The van der Waals surface area contributed by atoms with Crippen molar-refractivity contribution >= 4 is 11.8 Å². The van der Waals surface area contributed by atoms with E-state index in [1.807, 2.05) is 19.9 Å². The third kappa shape index (κ3) is 2.05. The maximum absolute atomic E-state index is 11.8. The SMILES string of the molecule is COC(=O)C1=CC2C(=O)C=CC(C)(C)C2OC1. The van der Waals surface area contributed by atoms with Crippen molar-refractivity contribution in [1.29, 1.82) is 0 Å². The standard InChI is InChI=1S/C13H16O4/c1-13(2)5-4-10(14)9-6-8(12(15)16-3)7-17-11(9)13/h4-6,9,11H,7H2,1-3H3. The molecule has 1 aliphatic carbocycles. The second-order valence-corrected chi connectivity index (χ2v) is 5.00. The van der Waals surface area contributed by atoms with Gasteiger partial charge in [-0.25, -0.2) is 4.79 Å². The lowest BCUT2D eigenvalue weighted by Gasteiger charge is -2.40. The van der Waals surface area contributed by atoms with Crippen LogP contribution in [0.15, 0.2) is 23.8 Å². The van der Waals surface area contributed by atoms with E-state index >= 15 is 0 Å². The van der Waals surface area contributed by atoms with Gasteiger partial charge in [0.05, 0.1) is 31.3 Å². The molecule has 2 rings (SSSR count). The van der Waals surface area contributed by atoms with E-state index in [0.717, 1.165) is 0 Å². The molecule has 4 nitrogen and oxygen atoms in total. The van der Waals surface area contributed by atoms with Crippen molar-refractivity contribution in [1.82, 2.24) is 0 Å². The first-order valence-corrected chi connectivity index (χ1v) is 5.59. The molecule has 0 radical (unpaired) electrons. The van der Waals surface area contributed by atoms with Crippen LogP contribution >= 0.6 is 0 Å². The van der Waals surface area contributed by atoms with Crippen LogP contribution in [0.5, 0.6) is 0 Å². The molecule has 0 amide bonds. The first kappa shape index (κ1) is 12.0. The zero-order valence-electron chi connectivity index (χ0n) is 10.2. The normalized spacial score (nSPS) is 30.5. The molecule has 0 aromatic heterocycles. The largest absolute Gasteiger partial charge is 0.466 e. The van der Waals surface area contributed by atoms with Gasteiger partial charge >= 0.3 is 5.97 Å². The van der Waals surface area contributed by atoms with Crippen molar-refractivity contribution in [2.45, 2.75) is 20.0 Å². The second-order valence-electron chi connectivity index (χ2n) is 5.00. The number of methoxy groups -OCH3 is 1. The lowest BCUT2D eigenvalue weighted by molar-refractivity contribution is -0.139. The third-order valence-corrected chi connectivity index (χ3v) is 3.31. The average Bonchev–Trinajstić information content (AvgIpc) is 2.33. The smallest absolute Gasteiger partial charge is 0.335 e. The van der Waals surface area contributed by atoms with Crippen LogP contribution in [0.2, 0.25) is 0 Å². The Hall–Kier alpha value is -1.42. The molecule has 0 bridgehead atoms. The molecule has 0 saturated heterocycles. The van der Waals surface area contributed by atoms with Crippen molar-refractivity contribution in [3.8, 4) is 0 Å². The minimum Gasteiger partial charge on any atom is -0.466 e. The molecule has 92 valence electrons. The van der Waals surface area contributed by atoms with E-state index < -0.39 is 5.97 Å². The zero-order chi connectivity index (χ0) is 12.6.